The molecule has 0 aromatic heterocycles. The van der Waals surface area contributed by atoms with E-state index >= 15 is 0 Å². The second kappa shape index (κ2) is 6.83. The zero-order valence-electron chi connectivity index (χ0n) is 20.6. The largest absolute Gasteiger partial charge is 0.274 e. The number of carbonyl (C=O) groups is 4. The van der Waals surface area contributed by atoms with E-state index in [0.29, 0.717) is 22.5 Å². The summed E-state index contributed by atoms with van der Waals surface area (Å²) in [5.41, 5.74) is 1.42. The van der Waals surface area contributed by atoms with Gasteiger partial charge in [0, 0.05) is 11.1 Å². The molecule has 2 saturated carbocycles. The Morgan fingerprint density at radius 3 is 1.21 bits per heavy atom. The van der Waals surface area contributed by atoms with E-state index in [0.717, 1.165) is 12.8 Å². The van der Waals surface area contributed by atoms with Crippen LogP contribution in [0.1, 0.15) is 12.8 Å². The minimum absolute atomic E-state index is 0.0694. The smallest absolute Gasteiger partial charge is 0.238 e. The summed E-state index contributed by atoms with van der Waals surface area (Å²) in [5, 5.41) is 0. The van der Waals surface area contributed by atoms with Crippen molar-refractivity contribution in [1.82, 2.24) is 0 Å². The minimum Gasteiger partial charge on any atom is -0.274 e. The fourth-order valence-corrected chi connectivity index (χ4v) is 10.3. The lowest BCUT2D eigenvalue weighted by Gasteiger charge is -2.19. The Labute approximate surface area is 223 Å². The van der Waals surface area contributed by atoms with Crippen molar-refractivity contribution in [1.29, 1.82) is 0 Å². The molecule has 8 unspecified atom stereocenters. The SMILES string of the molecule is O=C1C2C3C=CC(C3)C2C(=O)N1c1ccc2c(c1)-c1cc(N3C(=O)C4C5C=CC(C5)C4C3=O)ccc1S2(=O)=O. The van der Waals surface area contributed by atoms with Crippen LogP contribution in [0.2, 0.25) is 0 Å². The average molecular weight is 539 g/mol. The van der Waals surface area contributed by atoms with Crippen molar-refractivity contribution in [3.05, 3.63) is 60.7 Å². The van der Waals surface area contributed by atoms with Crippen LogP contribution in [0.4, 0.5) is 11.4 Å². The van der Waals surface area contributed by atoms with E-state index in [1.807, 2.05) is 24.3 Å². The monoisotopic (exact) mass is 538 g/mol. The number of hydrogen-bond acceptors (Lipinski definition) is 6. The molecule has 0 spiro atoms. The molecule has 4 amide bonds. The Bertz CT molecular complexity index is 1610. The van der Waals surface area contributed by atoms with Gasteiger partial charge in [0.05, 0.1) is 44.8 Å². The molecule has 4 bridgehead atoms. The van der Waals surface area contributed by atoms with Crippen LogP contribution in [0.25, 0.3) is 11.1 Å². The number of fused-ring (bicyclic) bond motifs is 13. The van der Waals surface area contributed by atoms with Crippen molar-refractivity contribution in [2.75, 3.05) is 9.80 Å². The lowest BCUT2D eigenvalue weighted by molar-refractivity contribution is -0.124. The highest BCUT2D eigenvalue weighted by Crippen LogP contribution is 2.56. The molecule has 4 fully saturated rings. The van der Waals surface area contributed by atoms with E-state index in [-0.39, 0.29) is 80.8 Å². The molecule has 9 heteroatoms. The molecular formula is C30H22N2O6S. The van der Waals surface area contributed by atoms with Crippen LogP contribution in [0.15, 0.2) is 70.5 Å². The molecule has 8 atom stereocenters. The van der Waals surface area contributed by atoms with E-state index in [1.54, 1.807) is 12.1 Å². The number of anilines is 2. The zero-order valence-corrected chi connectivity index (χ0v) is 21.4. The van der Waals surface area contributed by atoms with Crippen LogP contribution in [0.3, 0.4) is 0 Å². The molecule has 2 aromatic rings. The van der Waals surface area contributed by atoms with Gasteiger partial charge in [-0.3, -0.25) is 19.2 Å². The molecule has 4 aliphatic carbocycles. The maximum absolute atomic E-state index is 13.4. The number of amides is 4. The van der Waals surface area contributed by atoms with Crippen molar-refractivity contribution in [2.24, 2.45) is 47.3 Å². The molecule has 2 saturated heterocycles. The molecule has 0 N–H and O–H groups in total. The van der Waals surface area contributed by atoms with Crippen molar-refractivity contribution in [2.45, 2.75) is 22.6 Å². The first kappa shape index (κ1) is 22.0. The number of rotatable bonds is 2. The standard InChI is InChI=1S/C30H22N2O6S/c33-27-23-13-1-2-14(9-13)24(23)28(34)31(27)17-5-7-21-19(11-17)20-12-18(6-8-22(20)39(21,37)38)32-29(35)25-15-3-4-16(10-15)26(25)30(32)36/h1-8,11-16,23-26H,9-10H2. The van der Waals surface area contributed by atoms with Crippen LogP contribution >= 0.6 is 0 Å². The molecule has 2 aromatic carbocycles. The van der Waals surface area contributed by atoms with Gasteiger partial charge in [0.15, 0.2) is 0 Å². The fourth-order valence-electron chi connectivity index (χ4n) is 8.64. The van der Waals surface area contributed by atoms with Crippen LogP contribution in [-0.2, 0) is 29.0 Å². The van der Waals surface area contributed by atoms with Crippen molar-refractivity contribution < 1.29 is 27.6 Å². The number of nitrogens with zero attached hydrogens (tertiary/aromatic N) is 2. The normalized spacial score (nSPS) is 37.3. The van der Waals surface area contributed by atoms with Crippen molar-refractivity contribution in [3.63, 3.8) is 0 Å². The number of carbonyl (C=O) groups excluding carboxylic acids is 4. The molecule has 9 rings (SSSR count). The minimum atomic E-state index is -3.84. The molecule has 0 radical (unpaired) electrons. The first-order valence-corrected chi connectivity index (χ1v) is 14.9. The lowest BCUT2D eigenvalue weighted by atomic mass is 9.85. The van der Waals surface area contributed by atoms with Crippen LogP contribution < -0.4 is 9.80 Å². The van der Waals surface area contributed by atoms with Crippen LogP contribution in [-0.4, -0.2) is 32.0 Å². The van der Waals surface area contributed by atoms with Crippen molar-refractivity contribution in [3.8, 4) is 11.1 Å². The summed E-state index contributed by atoms with van der Waals surface area (Å²) in [7, 11) is -3.84. The van der Waals surface area contributed by atoms with Gasteiger partial charge in [-0.05, 0) is 72.9 Å². The highest BCUT2D eigenvalue weighted by Gasteiger charge is 2.61. The van der Waals surface area contributed by atoms with Gasteiger partial charge >= 0.3 is 0 Å². The van der Waals surface area contributed by atoms with Gasteiger partial charge in [0.1, 0.15) is 0 Å². The summed E-state index contributed by atoms with van der Waals surface area (Å²) < 4.78 is 26.8. The third-order valence-electron chi connectivity index (χ3n) is 10.3. The first-order valence-electron chi connectivity index (χ1n) is 13.4. The van der Waals surface area contributed by atoms with E-state index in [9.17, 15) is 27.6 Å². The molecule has 3 heterocycles. The van der Waals surface area contributed by atoms with Gasteiger partial charge in [-0.2, -0.15) is 0 Å². The van der Waals surface area contributed by atoms with Gasteiger partial charge < -0.3 is 0 Å². The van der Waals surface area contributed by atoms with Gasteiger partial charge in [-0.1, -0.05) is 24.3 Å². The zero-order chi connectivity index (χ0) is 26.5. The van der Waals surface area contributed by atoms with Gasteiger partial charge in [0.25, 0.3) is 0 Å². The summed E-state index contributed by atoms with van der Waals surface area (Å²) in [6.45, 7) is 0. The third kappa shape index (κ3) is 2.45. The molecule has 194 valence electrons. The van der Waals surface area contributed by atoms with E-state index in [1.165, 1.54) is 34.1 Å². The van der Waals surface area contributed by atoms with E-state index < -0.39 is 9.84 Å². The number of benzene rings is 2. The quantitative estimate of drug-likeness (QED) is 0.366. The Morgan fingerprint density at radius 2 is 0.872 bits per heavy atom. The Kier molecular flexibility index (Phi) is 3.85. The topological polar surface area (TPSA) is 109 Å². The van der Waals surface area contributed by atoms with Crippen LogP contribution in [0, 0.1) is 47.3 Å². The Morgan fingerprint density at radius 1 is 0.538 bits per heavy atom. The molecule has 7 aliphatic rings. The van der Waals surface area contributed by atoms with E-state index in [4.69, 9.17) is 0 Å². The maximum atomic E-state index is 13.4. The highest BCUT2D eigenvalue weighted by atomic mass is 32.2. The second-order valence-corrected chi connectivity index (χ2v) is 13.8. The van der Waals surface area contributed by atoms with Crippen molar-refractivity contribution >= 4 is 44.8 Å². The molecule has 3 aliphatic heterocycles. The van der Waals surface area contributed by atoms with Gasteiger partial charge in [-0.25, -0.2) is 18.2 Å². The molecule has 39 heavy (non-hydrogen) atoms. The number of sulfone groups is 1. The molecule has 8 nitrogen and oxygen atoms in total. The number of imide groups is 2. The fraction of sp³-hybridized carbons (Fsp3) is 0.333. The Balaban J connectivity index is 1.13. The number of allylic oxidation sites excluding steroid dienone is 4. The summed E-state index contributed by atoms with van der Waals surface area (Å²) in [5.74, 6) is -2.11. The molecular weight excluding hydrogens is 516 g/mol. The predicted octanol–water partition coefficient (Wildman–Crippen LogP) is 3.12. The second-order valence-electron chi connectivity index (χ2n) is 11.9. The van der Waals surface area contributed by atoms with E-state index in [2.05, 4.69) is 0 Å². The summed E-state index contributed by atoms with van der Waals surface area (Å²) in [6, 6.07) is 9.10. The lowest BCUT2D eigenvalue weighted by Crippen LogP contribution is -2.33. The predicted molar refractivity (Wildman–Crippen MR) is 138 cm³/mol. The average Bonchev–Trinajstić information content (AvgIpc) is 3.77. The maximum Gasteiger partial charge on any atom is 0.238 e. The van der Waals surface area contributed by atoms with Gasteiger partial charge in [0.2, 0.25) is 33.5 Å². The Hall–Kier alpha value is -3.85. The summed E-state index contributed by atoms with van der Waals surface area (Å²) in [4.78, 5) is 56.1. The van der Waals surface area contributed by atoms with Gasteiger partial charge in [-0.15, -0.1) is 0 Å². The summed E-state index contributed by atoms with van der Waals surface area (Å²) >= 11 is 0. The van der Waals surface area contributed by atoms with Crippen LogP contribution in [0.5, 0.6) is 0 Å². The first-order chi connectivity index (χ1) is 18.8. The summed E-state index contributed by atoms with van der Waals surface area (Å²) in [6.07, 6.45) is 9.78. The number of hydrogen-bond donors (Lipinski definition) is 0. The highest BCUT2D eigenvalue weighted by molar-refractivity contribution is 7.92. The third-order valence-corrected chi connectivity index (χ3v) is 12.1.